The summed E-state index contributed by atoms with van der Waals surface area (Å²) in [5, 5.41) is 0. The van der Waals surface area contributed by atoms with Crippen LogP contribution in [0, 0.1) is 0 Å². The Kier molecular flexibility index (Phi) is 5.81. The first kappa shape index (κ1) is 11.5. The van der Waals surface area contributed by atoms with E-state index in [1.165, 1.54) is 57.8 Å². The van der Waals surface area contributed by atoms with E-state index in [1.54, 1.807) is 0 Å². The van der Waals surface area contributed by atoms with Crippen molar-refractivity contribution < 1.29 is 0 Å². The van der Waals surface area contributed by atoms with Crippen LogP contribution in [0.3, 0.4) is 0 Å². The second-order valence-corrected chi connectivity index (χ2v) is 10.0. The molecule has 1 fully saturated rings. The Morgan fingerprint density at radius 1 is 0.583 bits per heavy atom. The largest absolute Gasteiger partial charge is 0.0734 e. The lowest BCUT2D eigenvalue weighted by molar-refractivity contribution is 0.512. The molecule has 0 saturated heterocycles. The summed E-state index contributed by atoms with van der Waals surface area (Å²) in [6.45, 7) is 0. The summed E-state index contributed by atoms with van der Waals surface area (Å²) >= 11 is 5.30. The average Bonchev–Trinajstić information content (AvgIpc) is 2.02. The lowest BCUT2D eigenvalue weighted by Crippen LogP contribution is -2.11. The third-order valence-corrected chi connectivity index (χ3v) is 4.74. The SMILES string of the molecule is IC1(I)CCCCCCCCC1. The molecule has 2 heteroatoms. The van der Waals surface area contributed by atoms with Crippen LogP contribution in [0.15, 0.2) is 0 Å². The van der Waals surface area contributed by atoms with E-state index in [-0.39, 0.29) is 0 Å². The van der Waals surface area contributed by atoms with E-state index in [0.29, 0.717) is 1.43 Å². The van der Waals surface area contributed by atoms with Crippen molar-refractivity contribution in [2.45, 2.75) is 59.2 Å². The van der Waals surface area contributed by atoms with E-state index in [4.69, 9.17) is 0 Å². The molecule has 1 saturated carbocycles. The number of rotatable bonds is 0. The highest BCUT2D eigenvalue weighted by Crippen LogP contribution is 2.39. The van der Waals surface area contributed by atoms with Crippen molar-refractivity contribution in [1.82, 2.24) is 0 Å². The van der Waals surface area contributed by atoms with Gasteiger partial charge >= 0.3 is 0 Å². The Morgan fingerprint density at radius 3 is 1.33 bits per heavy atom. The third-order valence-electron chi connectivity index (χ3n) is 2.59. The molecule has 0 N–H and O–H groups in total. The maximum absolute atomic E-state index is 2.65. The smallest absolute Gasteiger partial charge is 0.0672 e. The molecule has 0 radical (unpaired) electrons. The second kappa shape index (κ2) is 6.04. The van der Waals surface area contributed by atoms with Crippen molar-refractivity contribution in [3.05, 3.63) is 0 Å². The molecule has 0 aromatic rings. The Balaban J connectivity index is 2.27. The summed E-state index contributed by atoms with van der Waals surface area (Å²) in [5.41, 5.74) is 0. The van der Waals surface area contributed by atoms with E-state index in [9.17, 15) is 0 Å². The normalized spacial score (nSPS) is 26.5. The van der Waals surface area contributed by atoms with Crippen LogP contribution in [-0.2, 0) is 0 Å². The van der Waals surface area contributed by atoms with Crippen molar-refractivity contribution in [2.24, 2.45) is 0 Å². The van der Waals surface area contributed by atoms with Crippen LogP contribution in [0.5, 0.6) is 0 Å². The van der Waals surface area contributed by atoms with Gasteiger partial charge in [0, 0.05) is 0 Å². The van der Waals surface area contributed by atoms with Crippen molar-refractivity contribution in [3.8, 4) is 0 Å². The number of alkyl halides is 2. The van der Waals surface area contributed by atoms with Gasteiger partial charge in [-0.05, 0) is 12.8 Å². The van der Waals surface area contributed by atoms with Gasteiger partial charge in [-0.3, -0.25) is 0 Å². The first-order chi connectivity index (χ1) is 5.71. The van der Waals surface area contributed by atoms with Gasteiger partial charge < -0.3 is 0 Å². The zero-order chi connectivity index (χ0) is 8.86. The lowest BCUT2D eigenvalue weighted by atomic mass is 10.0. The molecular weight excluding hydrogens is 374 g/mol. The minimum Gasteiger partial charge on any atom is -0.0672 e. The minimum atomic E-state index is 0.576. The molecule has 0 bridgehead atoms. The van der Waals surface area contributed by atoms with E-state index < -0.39 is 0 Å². The molecule has 1 rings (SSSR count). The predicted octanol–water partition coefficient (Wildman–Crippen LogP) is 5.08. The van der Waals surface area contributed by atoms with Gasteiger partial charge in [0.1, 0.15) is 0 Å². The molecule has 1 aliphatic carbocycles. The highest BCUT2D eigenvalue weighted by Gasteiger charge is 2.21. The van der Waals surface area contributed by atoms with E-state index >= 15 is 0 Å². The molecule has 0 aromatic heterocycles. The molecule has 1 aliphatic rings. The van der Waals surface area contributed by atoms with Crippen LogP contribution in [0.4, 0.5) is 0 Å². The lowest BCUT2D eigenvalue weighted by Gasteiger charge is -2.21. The van der Waals surface area contributed by atoms with Crippen LogP contribution in [-0.4, -0.2) is 1.43 Å². The van der Waals surface area contributed by atoms with Gasteiger partial charge in [0.05, 0.1) is 1.43 Å². The highest BCUT2D eigenvalue weighted by molar-refractivity contribution is 14.2. The summed E-state index contributed by atoms with van der Waals surface area (Å²) in [5.74, 6) is 0. The molecule has 0 aromatic carbocycles. The van der Waals surface area contributed by atoms with Crippen molar-refractivity contribution in [1.29, 1.82) is 0 Å². The maximum atomic E-state index is 2.65. The van der Waals surface area contributed by atoms with Crippen molar-refractivity contribution in [3.63, 3.8) is 0 Å². The maximum Gasteiger partial charge on any atom is 0.0734 e. The number of hydrogen-bond acceptors (Lipinski definition) is 0. The van der Waals surface area contributed by atoms with E-state index in [2.05, 4.69) is 45.2 Å². The van der Waals surface area contributed by atoms with Gasteiger partial charge in [0.2, 0.25) is 0 Å². The van der Waals surface area contributed by atoms with Crippen molar-refractivity contribution >= 4 is 45.2 Å². The number of hydrogen-bond donors (Lipinski definition) is 0. The van der Waals surface area contributed by atoms with Crippen LogP contribution < -0.4 is 0 Å². The highest BCUT2D eigenvalue weighted by atomic mass is 127. The average molecular weight is 392 g/mol. The van der Waals surface area contributed by atoms with Gasteiger partial charge in [-0.25, -0.2) is 0 Å². The summed E-state index contributed by atoms with van der Waals surface area (Å²) in [7, 11) is 0. The van der Waals surface area contributed by atoms with E-state index in [0.717, 1.165) is 0 Å². The van der Waals surface area contributed by atoms with Gasteiger partial charge in [0.25, 0.3) is 0 Å². The summed E-state index contributed by atoms with van der Waals surface area (Å²) in [6, 6.07) is 0. The van der Waals surface area contributed by atoms with Crippen LogP contribution in [0.25, 0.3) is 0 Å². The fourth-order valence-electron chi connectivity index (χ4n) is 1.78. The monoisotopic (exact) mass is 392 g/mol. The third kappa shape index (κ3) is 5.25. The Bertz CT molecular complexity index is 109. The Morgan fingerprint density at radius 2 is 0.917 bits per heavy atom. The molecule has 0 unspecified atom stereocenters. The molecule has 72 valence electrons. The Hall–Kier alpha value is 1.46. The molecule has 0 aliphatic heterocycles. The summed E-state index contributed by atoms with van der Waals surface area (Å²) < 4.78 is 0.576. The first-order valence-corrected chi connectivity index (χ1v) is 7.24. The molecule has 0 atom stereocenters. The quantitative estimate of drug-likeness (QED) is 0.399. The fourth-order valence-corrected chi connectivity index (χ4v) is 3.30. The van der Waals surface area contributed by atoms with Crippen molar-refractivity contribution in [2.75, 3.05) is 0 Å². The van der Waals surface area contributed by atoms with Gasteiger partial charge in [0.15, 0.2) is 0 Å². The van der Waals surface area contributed by atoms with Gasteiger partial charge in [-0.1, -0.05) is 90.1 Å². The zero-order valence-corrected chi connectivity index (χ0v) is 11.9. The molecule has 0 heterocycles. The number of halogens is 2. The minimum absolute atomic E-state index is 0.576. The summed E-state index contributed by atoms with van der Waals surface area (Å²) in [4.78, 5) is 0. The van der Waals surface area contributed by atoms with Crippen LogP contribution >= 0.6 is 45.2 Å². The fraction of sp³-hybridized carbons (Fsp3) is 1.00. The van der Waals surface area contributed by atoms with Crippen LogP contribution in [0.2, 0.25) is 0 Å². The van der Waals surface area contributed by atoms with Gasteiger partial charge in [-0.15, -0.1) is 0 Å². The molecule has 0 nitrogen and oxygen atoms in total. The Labute approximate surface area is 104 Å². The molecule has 0 amide bonds. The zero-order valence-electron chi connectivity index (χ0n) is 7.62. The first-order valence-electron chi connectivity index (χ1n) is 5.09. The molecule has 12 heavy (non-hydrogen) atoms. The molecular formula is C10H18I2. The van der Waals surface area contributed by atoms with E-state index in [1.807, 2.05) is 0 Å². The topological polar surface area (TPSA) is 0 Å². The van der Waals surface area contributed by atoms with Gasteiger partial charge in [-0.2, -0.15) is 0 Å². The predicted molar refractivity (Wildman–Crippen MR) is 72.3 cm³/mol. The molecule has 0 spiro atoms. The van der Waals surface area contributed by atoms with Crippen LogP contribution in [0.1, 0.15) is 57.8 Å². The second-order valence-electron chi connectivity index (χ2n) is 3.83. The summed E-state index contributed by atoms with van der Waals surface area (Å²) in [6.07, 6.45) is 13.1. The standard InChI is InChI=1S/C10H18I2/c11-10(12)8-6-4-2-1-3-5-7-9-10/h1-9H2.